The fraction of sp³-hybridized carbons (Fsp3) is 0.824. The van der Waals surface area contributed by atoms with Crippen LogP contribution in [0, 0.1) is 6.92 Å². The highest BCUT2D eigenvalue weighted by Crippen LogP contribution is 2.29. The second kappa shape index (κ2) is 9.78. The standard InChI is InChI=1S/C17H29N5OS.ClH/c1-3-24-15-7-5-4-6-14(15)19-17(23)16-12(2)22(21-20-16)13-8-10-18-11-9-13;/h13-15,18H,3-11H2,1-2H3,(H,19,23);1H. The molecule has 2 aliphatic rings. The minimum absolute atomic E-state index is 0. The second-order valence-corrected chi connectivity index (χ2v) is 8.32. The Bertz CT molecular complexity index is 559. The zero-order valence-electron chi connectivity index (χ0n) is 15.2. The van der Waals surface area contributed by atoms with Gasteiger partial charge < -0.3 is 10.6 Å². The predicted octanol–water partition coefficient (Wildman–Crippen LogP) is 2.73. The van der Waals surface area contributed by atoms with Crippen LogP contribution in [0.4, 0.5) is 0 Å². The van der Waals surface area contributed by atoms with E-state index in [2.05, 4.69) is 27.9 Å². The van der Waals surface area contributed by atoms with Crippen molar-refractivity contribution in [1.82, 2.24) is 25.6 Å². The number of halogens is 1. The van der Waals surface area contributed by atoms with Crippen LogP contribution in [-0.4, -0.2) is 51.0 Å². The lowest BCUT2D eigenvalue weighted by Gasteiger charge is -2.31. The van der Waals surface area contributed by atoms with E-state index in [9.17, 15) is 4.79 Å². The molecule has 25 heavy (non-hydrogen) atoms. The minimum Gasteiger partial charge on any atom is -0.347 e. The number of aromatic nitrogens is 3. The van der Waals surface area contributed by atoms with E-state index in [4.69, 9.17) is 0 Å². The van der Waals surface area contributed by atoms with Crippen LogP contribution < -0.4 is 10.6 Å². The Labute approximate surface area is 160 Å². The SMILES string of the molecule is CCSC1CCCCC1NC(=O)c1nnn(C2CCNCC2)c1C.Cl. The molecular formula is C17H30ClN5OS. The van der Waals surface area contributed by atoms with Gasteiger partial charge in [-0.25, -0.2) is 4.68 Å². The quantitative estimate of drug-likeness (QED) is 0.812. The Hall–Kier alpha value is -0.790. The van der Waals surface area contributed by atoms with Crippen LogP contribution in [-0.2, 0) is 0 Å². The third-order valence-electron chi connectivity index (χ3n) is 5.20. The van der Waals surface area contributed by atoms with Crippen LogP contribution in [0.3, 0.4) is 0 Å². The zero-order valence-corrected chi connectivity index (χ0v) is 16.8. The van der Waals surface area contributed by atoms with E-state index in [1.165, 1.54) is 19.3 Å². The maximum Gasteiger partial charge on any atom is 0.274 e. The number of thioether (sulfide) groups is 1. The van der Waals surface area contributed by atoms with Crippen molar-refractivity contribution in [2.75, 3.05) is 18.8 Å². The first-order chi connectivity index (χ1) is 11.7. The molecule has 0 spiro atoms. The van der Waals surface area contributed by atoms with E-state index in [1.807, 2.05) is 23.4 Å². The molecule has 2 atom stereocenters. The van der Waals surface area contributed by atoms with Crippen molar-refractivity contribution < 1.29 is 4.79 Å². The lowest BCUT2D eigenvalue weighted by Crippen LogP contribution is -2.44. The lowest BCUT2D eigenvalue weighted by molar-refractivity contribution is 0.0923. The molecule has 6 nitrogen and oxygen atoms in total. The molecule has 3 rings (SSSR count). The number of piperidine rings is 1. The van der Waals surface area contributed by atoms with Gasteiger partial charge in [-0.2, -0.15) is 11.8 Å². The normalized spacial score (nSPS) is 24.6. The molecule has 2 heterocycles. The average molecular weight is 388 g/mol. The van der Waals surface area contributed by atoms with E-state index >= 15 is 0 Å². The number of carbonyl (C=O) groups is 1. The van der Waals surface area contributed by atoms with Gasteiger partial charge in [-0.3, -0.25) is 4.79 Å². The highest BCUT2D eigenvalue weighted by molar-refractivity contribution is 7.99. The molecular weight excluding hydrogens is 358 g/mol. The Balaban J connectivity index is 0.00000225. The Morgan fingerprint density at radius 1 is 1.28 bits per heavy atom. The predicted molar refractivity (Wildman–Crippen MR) is 105 cm³/mol. The highest BCUT2D eigenvalue weighted by atomic mass is 35.5. The maximum absolute atomic E-state index is 12.7. The van der Waals surface area contributed by atoms with Crippen LogP contribution in [0.2, 0.25) is 0 Å². The van der Waals surface area contributed by atoms with Crippen LogP contribution >= 0.6 is 24.2 Å². The van der Waals surface area contributed by atoms with Gasteiger partial charge in [-0.1, -0.05) is 25.0 Å². The molecule has 0 radical (unpaired) electrons. The van der Waals surface area contributed by atoms with Gasteiger partial charge in [-0.05, 0) is 51.4 Å². The summed E-state index contributed by atoms with van der Waals surface area (Å²) in [4.78, 5) is 12.7. The van der Waals surface area contributed by atoms with Crippen molar-refractivity contribution in [2.45, 2.75) is 69.7 Å². The van der Waals surface area contributed by atoms with Crippen molar-refractivity contribution in [2.24, 2.45) is 0 Å². The zero-order chi connectivity index (χ0) is 16.9. The monoisotopic (exact) mass is 387 g/mol. The van der Waals surface area contributed by atoms with Gasteiger partial charge in [0.05, 0.1) is 11.7 Å². The molecule has 1 aliphatic heterocycles. The first-order valence-electron chi connectivity index (χ1n) is 9.25. The summed E-state index contributed by atoms with van der Waals surface area (Å²) in [5, 5.41) is 15.6. The molecule has 2 unspecified atom stereocenters. The number of carbonyl (C=O) groups excluding carboxylic acids is 1. The third-order valence-corrected chi connectivity index (χ3v) is 6.52. The Morgan fingerprint density at radius 2 is 2.00 bits per heavy atom. The molecule has 0 aromatic carbocycles. The maximum atomic E-state index is 12.7. The second-order valence-electron chi connectivity index (χ2n) is 6.81. The van der Waals surface area contributed by atoms with Gasteiger partial charge in [0.25, 0.3) is 5.91 Å². The molecule has 1 aromatic rings. The number of rotatable bonds is 5. The van der Waals surface area contributed by atoms with E-state index in [0.717, 1.165) is 43.8 Å². The fourth-order valence-electron chi connectivity index (χ4n) is 3.86. The number of amides is 1. The minimum atomic E-state index is -0.0544. The van der Waals surface area contributed by atoms with Gasteiger partial charge >= 0.3 is 0 Å². The Kier molecular flexibility index (Phi) is 8.03. The van der Waals surface area contributed by atoms with Crippen LogP contribution in [0.1, 0.15) is 67.7 Å². The molecule has 0 bridgehead atoms. The number of nitrogens with one attached hydrogen (secondary N) is 2. The third kappa shape index (κ3) is 4.89. The highest BCUT2D eigenvalue weighted by Gasteiger charge is 2.29. The number of hydrogen-bond donors (Lipinski definition) is 2. The van der Waals surface area contributed by atoms with Gasteiger partial charge in [0.2, 0.25) is 0 Å². The summed E-state index contributed by atoms with van der Waals surface area (Å²) >= 11 is 1.97. The molecule has 142 valence electrons. The van der Waals surface area contributed by atoms with Crippen LogP contribution in [0.25, 0.3) is 0 Å². The molecule has 1 saturated carbocycles. The van der Waals surface area contributed by atoms with E-state index in [0.29, 0.717) is 17.0 Å². The molecule has 8 heteroatoms. The number of nitrogens with zero attached hydrogens (tertiary/aromatic N) is 3. The van der Waals surface area contributed by atoms with Crippen LogP contribution in [0.15, 0.2) is 0 Å². The summed E-state index contributed by atoms with van der Waals surface area (Å²) in [6, 6.07) is 0.623. The van der Waals surface area contributed by atoms with E-state index in [1.54, 1.807) is 0 Å². The summed E-state index contributed by atoms with van der Waals surface area (Å²) in [6.07, 6.45) is 6.84. The van der Waals surface area contributed by atoms with Crippen LogP contribution in [0.5, 0.6) is 0 Å². The van der Waals surface area contributed by atoms with Crippen molar-refractivity contribution in [3.8, 4) is 0 Å². The summed E-state index contributed by atoms with van der Waals surface area (Å²) in [5.74, 6) is 1.04. The first-order valence-corrected chi connectivity index (χ1v) is 10.3. The van der Waals surface area contributed by atoms with Gasteiger partial charge in [0.15, 0.2) is 5.69 Å². The molecule has 1 saturated heterocycles. The van der Waals surface area contributed by atoms with E-state index in [-0.39, 0.29) is 24.4 Å². The molecule has 2 fully saturated rings. The Morgan fingerprint density at radius 3 is 2.72 bits per heavy atom. The molecule has 2 N–H and O–H groups in total. The summed E-state index contributed by atoms with van der Waals surface area (Å²) in [6.45, 7) is 6.16. The largest absolute Gasteiger partial charge is 0.347 e. The molecule has 1 aromatic heterocycles. The molecule has 1 aliphatic carbocycles. The fourth-order valence-corrected chi connectivity index (χ4v) is 5.06. The van der Waals surface area contributed by atoms with Gasteiger partial charge in [0.1, 0.15) is 0 Å². The van der Waals surface area contributed by atoms with E-state index < -0.39 is 0 Å². The van der Waals surface area contributed by atoms with Crippen molar-refractivity contribution in [1.29, 1.82) is 0 Å². The smallest absolute Gasteiger partial charge is 0.274 e. The van der Waals surface area contributed by atoms with Gasteiger partial charge in [-0.15, -0.1) is 17.5 Å². The number of hydrogen-bond acceptors (Lipinski definition) is 5. The van der Waals surface area contributed by atoms with Crippen molar-refractivity contribution >= 4 is 30.1 Å². The summed E-state index contributed by atoms with van der Waals surface area (Å²) < 4.78 is 1.95. The first kappa shape index (κ1) is 20.5. The van der Waals surface area contributed by atoms with Gasteiger partial charge in [0, 0.05) is 11.3 Å². The molecule has 1 amide bonds. The van der Waals surface area contributed by atoms with Crippen molar-refractivity contribution in [3.63, 3.8) is 0 Å². The summed E-state index contributed by atoms with van der Waals surface area (Å²) in [5.41, 5.74) is 1.40. The topological polar surface area (TPSA) is 71.8 Å². The summed E-state index contributed by atoms with van der Waals surface area (Å²) in [7, 11) is 0. The lowest BCUT2D eigenvalue weighted by atomic mass is 9.94. The van der Waals surface area contributed by atoms with Crippen molar-refractivity contribution in [3.05, 3.63) is 11.4 Å². The average Bonchev–Trinajstić information content (AvgIpc) is 2.99.